The quantitative estimate of drug-likeness (QED) is 0.665. The highest BCUT2D eigenvalue weighted by atomic mass is 19.1. The molecule has 0 atom stereocenters. The van der Waals surface area contributed by atoms with Gasteiger partial charge in [-0.05, 0) is 44.9 Å². The van der Waals surface area contributed by atoms with Crippen molar-refractivity contribution < 1.29 is 28.2 Å². The van der Waals surface area contributed by atoms with Crippen molar-refractivity contribution in [1.29, 1.82) is 0 Å². The monoisotopic (exact) mass is 365 g/mol. The Morgan fingerprint density at radius 3 is 2.50 bits per heavy atom. The standard InChI is InChI=1S/C19H21F2NO4/c1-12(2)26-17-7-5-6-16(22-17)13-10-14(20)19(15(21)11-13)25-9-4-3-8-18(23)24/h5-7,10-12H,3-4,8-9H2,1-2H3,(H,23,24). The Morgan fingerprint density at radius 2 is 1.88 bits per heavy atom. The largest absolute Gasteiger partial charge is 0.488 e. The molecule has 0 aliphatic carbocycles. The minimum atomic E-state index is -0.914. The van der Waals surface area contributed by atoms with E-state index in [1.807, 2.05) is 13.8 Å². The summed E-state index contributed by atoms with van der Waals surface area (Å²) >= 11 is 0. The number of hydrogen-bond acceptors (Lipinski definition) is 4. The molecule has 2 rings (SSSR count). The molecular formula is C19H21F2NO4. The third-order valence-electron chi connectivity index (χ3n) is 3.41. The number of benzene rings is 1. The number of carbonyl (C=O) groups is 1. The average Bonchev–Trinajstić information content (AvgIpc) is 2.56. The predicted molar refractivity (Wildman–Crippen MR) is 92.3 cm³/mol. The SMILES string of the molecule is CC(C)Oc1cccc(-c2cc(F)c(OCCCCC(=O)O)c(F)c2)n1. The molecule has 2 aromatic rings. The third-order valence-corrected chi connectivity index (χ3v) is 3.41. The topological polar surface area (TPSA) is 68.7 Å². The fourth-order valence-corrected chi connectivity index (χ4v) is 2.28. The zero-order valence-electron chi connectivity index (χ0n) is 14.7. The summed E-state index contributed by atoms with van der Waals surface area (Å²) in [6.45, 7) is 3.75. The highest BCUT2D eigenvalue weighted by Crippen LogP contribution is 2.29. The van der Waals surface area contributed by atoms with E-state index >= 15 is 0 Å². The number of unbranched alkanes of at least 4 members (excludes halogenated alkanes) is 1. The lowest BCUT2D eigenvalue weighted by molar-refractivity contribution is -0.137. The van der Waals surface area contributed by atoms with Gasteiger partial charge in [0.05, 0.1) is 18.4 Å². The molecule has 1 aromatic heterocycles. The second kappa shape index (κ2) is 9.12. The lowest BCUT2D eigenvalue weighted by Gasteiger charge is -2.12. The zero-order valence-corrected chi connectivity index (χ0v) is 14.7. The van der Waals surface area contributed by atoms with Crippen LogP contribution in [0.1, 0.15) is 33.1 Å². The van der Waals surface area contributed by atoms with Crippen LogP contribution >= 0.6 is 0 Å². The van der Waals surface area contributed by atoms with E-state index in [-0.39, 0.29) is 24.7 Å². The van der Waals surface area contributed by atoms with Crippen molar-refractivity contribution in [3.8, 4) is 22.9 Å². The van der Waals surface area contributed by atoms with Crippen LogP contribution in [0.15, 0.2) is 30.3 Å². The number of aromatic nitrogens is 1. The number of aliphatic carboxylic acids is 1. The first kappa shape index (κ1) is 19.6. The van der Waals surface area contributed by atoms with Crippen LogP contribution in [0, 0.1) is 11.6 Å². The van der Waals surface area contributed by atoms with E-state index in [9.17, 15) is 13.6 Å². The van der Waals surface area contributed by atoms with Gasteiger partial charge in [0.2, 0.25) is 5.88 Å². The summed E-state index contributed by atoms with van der Waals surface area (Å²) in [5.41, 5.74) is 0.654. The van der Waals surface area contributed by atoms with Crippen molar-refractivity contribution in [3.63, 3.8) is 0 Å². The van der Waals surface area contributed by atoms with Crippen LogP contribution in [0.4, 0.5) is 8.78 Å². The summed E-state index contributed by atoms with van der Waals surface area (Å²) in [4.78, 5) is 14.7. The van der Waals surface area contributed by atoms with E-state index in [1.165, 1.54) is 0 Å². The van der Waals surface area contributed by atoms with Gasteiger partial charge >= 0.3 is 5.97 Å². The molecule has 1 heterocycles. The van der Waals surface area contributed by atoms with Crippen molar-refractivity contribution in [2.45, 2.75) is 39.2 Å². The van der Waals surface area contributed by atoms with Crippen molar-refractivity contribution in [1.82, 2.24) is 4.98 Å². The first-order chi connectivity index (χ1) is 12.4. The van der Waals surface area contributed by atoms with Crippen LogP contribution in [-0.2, 0) is 4.79 Å². The van der Waals surface area contributed by atoms with Gasteiger partial charge in [-0.25, -0.2) is 13.8 Å². The fraction of sp³-hybridized carbons (Fsp3) is 0.368. The van der Waals surface area contributed by atoms with Crippen LogP contribution in [0.5, 0.6) is 11.6 Å². The molecule has 0 spiro atoms. The maximum atomic E-state index is 14.2. The van der Waals surface area contributed by atoms with Gasteiger partial charge in [0, 0.05) is 18.1 Å². The highest BCUT2D eigenvalue weighted by molar-refractivity contribution is 5.66. The smallest absolute Gasteiger partial charge is 0.303 e. The van der Waals surface area contributed by atoms with Gasteiger partial charge < -0.3 is 14.6 Å². The molecule has 1 N–H and O–H groups in total. The predicted octanol–water partition coefficient (Wildman–Crippen LogP) is 4.45. The molecule has 140 valence electrons. The van der Waals surface area contributed by atoms with Gasteiger partial charge in [0.15, 0.2) is 17.4 Å². The van der Waals surface area contributed by atoms with Crippen LogP contribution in [0.25, 0.3) is 11.3 Å². The third kappa shape index (κ3) is 5.68. The number of rotatable bonds is 9. The molecule has 26 heavy (non-hydrogen) atoms. The van der Waals surface area contributed by atoms with Crippen LogP contribution in [-0.4, -0.2) is 28.8 Å². The maximum Gasteiger partial charge on any atom is 0.303 e. The number of halogens is 2. The van der Waals surface area contributed by atoms with Gasteiger partial charge in [0.1, 0.15) is 0 Å². The van der Waals surface area contributed by atoms with Crippen molar-refractivity contribution in [3.05, 3.63) is 42.0 Å². The number of pyridine rings is 1. The first-order valence-corrected chi connectivity index (χ1v) is 8.34. The fourth-order valence-electron chi connectivity index (χ4n) is 2.28. The summed E-state index contributed by atoms with van der Waals surface area (Å²) in [7, 11) is 0. The Bertz CT molecular complexity index is 742. The Balaban J connectivity index is 2.10. The molecule has 0 aliphatic rings. The number of nitrogens with zero attached hydrogens (tertiary/aromatic N) is 1. The first-order valence-electron chi connectivity index (χ1n) is 8.34. The van der Waals surface area contributed by atoms with Crippen LogP contribution in [0.2, 0.25) is 0 Å². The second-order valence-corrected chi connectivity index (χ2v) is 6.00. The molecule has 0 radical (unpaired) electrons. The molecule has 0 amide bonds. The normalized spacial score (nSPS) is 10.8. The molecule has 0 saturated carbocycles. The lowest BCUT2D eigenvalue weighted by atomic mass is 10.1. The molecule has 0 saturated heterocycles. The minimum absolute atomic E-state index is 0.00623. The van der Waals surface area contributed by atoms with E-state index in [4.69, 9.17) is 14.6 Å². The summed E-state index contributed by atoms with van der Waals surface area (Å²) < 4.78 is 39.1. The molecule has 0 unspecified atom stereocenters. The Kier molecular flexibility index (Phi) is 6.89. The van der Waals surface area contributed by atoms with Crippen LogP contribution in [0.3, 0.4) is 0 Å². The van der Waals surface area contributed by atoms with Gasteiger partial charge in [-0.1, -0.05) is 6.07 Å². The van der Waals surface area contributed by atoms with E-state index in [0.29, 0.717) is 24.4 Å². The highest BCUT2D eigenvalue weighted by Gasteiger charge is 2.15. The summed E-state index contributed by atoms with van der Waals surface area (Å²) in [5, 5.41) is 8.55. The van der Waals surface area contributed by atoms with Crippen LogP contribution < -0.4 is 9.47 Å². The van der Waals surface area contributed by atoms with E-state index in [1.54, 1.807) is 18.2 Å². The molecule has 1 aromatic carbocycles. The lowest BCUT2D eigenvalue weighted by Crippen LogP contribution is -2.07. The maximum absolute atomic E-state index is 14.2. The van der Waals surface area contributed by atoms with Gasteiger partial charge in [-0.15, -0.1) is 0 Å². The molecule has 7 heteroatoms. The Labute approximate surface area is 150 Å². The van der Waals surface area contributed by atoms with E-state index < -0.39 is 23.4 Å². The molecule has 0 bridgehead atoms. The molecule has 0 fully saturated rings. The minimum Gasteiger partial charge on any atom is -0.488 e. The van der Waals surface area contributed by atoms with Gasteiger partial charge in [-0.2, -0.15) is 0 Å². The Morgan fingerprint density at radius 1 is 1.19 bits per heavy atom. The van der Waals surface area contributed by atoms with E-state index in [0.717, 1.165) is 12.1 Å². The van der Waals surface area contributed by atoms with Crippen molar-refractivity contribution in [2.75, 3.05) is 6.61 Å². The van der Waals surface area contributed by atoms with Gasteiger partial charge in [-0.3, -0.25) is 4.79 Å². The van der Waals surface area contributed by atoms with Crippen molar-refractivity contribution >= 4 is 5.97 Å². The number of carboxylic acids is 1. The zero-order chi connectivity index (χ0) is 19.1. The summed E-state index contributed by atoms with van der Waals surface area (Å²) in [5.74, 6) is -2.69. The summed E-state index contributed by atoms with van der Waals surface area (Å²) in [6, 6.07) is 7.30. The second-order valence-electron chi connectivity index (χ2n) is 6.00. The molecule has 5 nitrogen and oxygen atoms in total. The number of hydrogen-bond donors (Lipinski definition) is 1. The number of ether oxygens (including phenoxy) is 2. The number of carboxylic acid groups (broad SMARTS) is 1. The molecular weight excluding hydrogens is 344 g/mol. The summed E-state index contributed by atoms with van der Waals surface area (Å²) in [6.07, 6.45) is 0.697. The van der Waals surface area contributed by atoms with Gasteiger partial charge in [0.25, 0.3) is 0 Å². The van der Waals surface area contributed by atoms with E-state index in [2.05, 4.69) is 4.98 Å². The average molecular weight is 365 g/mol. The molecule has 0 aliphatic heterocycles. The van der Waals surface area contributed by atoms with Crippen molar-refractivity contribution in [2.24, 2.45) is 0 Å². The Hall–Kier alpha value is -2.70.